The molecule has 0 radical (unpaired) electrons. The lowest BCUT2D eigenvalue weighted by Gasteiger charge is -2.44. The van der Waals surface area contributed by atoms with Crippen molar-refractivity contribution in [1.29, 1.82) is 0 Å². The van der Waals surface area contributed by atoms with E-state index in [1.54, 1.807) is 0 Å². The monoisotopic (exact) mass is 450 g/mol. The minimum absolute atomic E-state index is 0.0151. The van der Waals surface area contributed by atoms with Gasteiger partial charge in [0.1, 0.15) is 0 Å². The maximum Gasteiger partial charge on any atom is 0.155 e. The number of carbonyl (C=O) groups is 1. The Bertz CT molecular complexity index is 931. The zero-order valence-corrected chi connectivity index (χ0v) is 19.7. The van der Waals surface area contributed by atoms with E-state index in [4.69, 9.17) is 11.6 Å². The van der Waals surface area contributed by atoms with E-state index in [9.17, 15) is 4.79 Å². The largest absolute Gasteiger partial charge is 0.380 e. The van der Waals surface area contributed by atoms with Gasteiger partial charge in [-0.3, -0.25) is 9.69 Å². The highest BCUT2D eigenvalue weighted by Crippen LogP contribution is 2.36. The molecule has 1 N–H and O–H groups in total. The van der Waals surface area contributed by atoms with Gasteiger partial charge in [-0.2, -0.15) is 0 Å². The number of para-hydroxylation sites is 1. The van der Waals surface area contributed by atoms with Gasteiger partial charge in [-0.1, -0.05) is 67.3 Å². The normalized spacial score (nSPS) is 23.8. The minimum Gasteiger partial charge on any atom is -0.380 e. The highest BCUT2D eigenvalue weighted by Gasteiger charge is 2.40. The number of Topliss-reactive ketones (excluding diaryl/α,β-unsaturated/α-hetero) is 1. The molecule has 2 atom stereocenters. The summed E-state index contributed by atoms with van der Waals surface area (Å²) in [5, 5.41) is 4.66. The van der Waals surface area contributed by atoms with Crippen molar-refractivity contribution in [2.45, 2.75) is 75.8 Å². The third-order valence-electron chi connectivity index (χ3n) is 8.03. The number of piperidine rings is 1. The number of rotatable bonds is 5. The summed E-state index contributed by atoms with van der Waals surface area (Å²) in [6, 6.07) is 17.1. The summed E-state index contributed by atoms with van der Waals surface area (Å²) in [7, 11) is 0. The van der Waals surface area contributed by atoms with Gasteiger partial charge in [0.25, 0.3) is 0 Å². The Hall–Kier alpha value is -1.84. The second kappa shape index (κ2) is 9.97. The van der Waals surface area contributed by atoms with E-state index in [1.807, 2.05) is 12.1 Å². The van der Waals surface area contributed by atoms with Crippen LogP contribution in [0.1, 0.15) is 68.4 Å². The van der Waals surface area contributed by atoms with Gasteiger partial charge in [-0.05, 0) is 80.8 Å². The molecule has 2 heterocycles. The number of halogens is 1. The average Bonchev–Trinajstić information content (AvgIpc) is 2.85. The quantitative estimate of drug-likeness (QED) is 0.566. The van der Waals surface area contributed by atoms with Crippen molar-refractivity contribution >= 4 is 23.1 Å². The zero-order valence-electron chi connectivity index (χ0n) is 18.9. The summed E-state index contributed by atoms with van der Waals surface area (Å²) in [5.41, 5.74) is 3.87. The summed E-state index contributed by atoms with van der Waals surface area (Å²) >= 11 is 6.50. The van der Waals surface area contributed by atoms with E-state index in [0.717, 1.165) is 56.6 Å². The first-order valence-electron chi connectivity index (χ1n) is 12.6. The number of fused-ring (bicyclic) bond motifs is 1. The Morgan fingerprint density at radius 3 is 2.41 bits per heavy atom. The highest BCUT2D eigenvalue weighted by atomic mass is 35.5. The van der Waals surface area contributed by atoms with E-state index < -0.39 is 0 Å². The molecule has 3 nitrogen and oxygen atoms in total. The van der Waals surface area contributed by atoms with E-state index >= 15 is 0 Å². The van der Waals surface area contributed by atoms with Crippen LogP contribution in [-0.4, -0.2) is 35.9 Å². The van der Waals surface area contributed by atoms with Crippen molar-refractivity contribution in [2.75, 3.05) is 18.4 Å². The highest BCUT2D eigenvalue weighted by molar-refractivity contribution is 6.31. The minimum atomic E-state index is -0.0151. The van der Waals surface area contributed by atoms with Gasteiger partial charge in [-0.15, -0.1) is 0 Å². The molecule has 1 saturated heterocycles. The van der Waals surface area contributed by atoms with Crippen LogP contribution in [0.15, 0.2) is 48.5 Å². The summed E-state index contributed by atoms with van der Waals surface area (Å²) in [4.78, 5) is 16.4. The molecule has 32 heavy (non-hydrogen) atoms. The summed E-state index contributed by atoms with van der Waals surface area (Å²) in [5.74, 6) is 1.23. The van der Waals surface area contributed by atoms with Crippen LogP contribution in [0.4, 0.5) is 5.69 Å². The van der Waals surface area contributed by atoms with Crippen molar-refractivity contribution in [3.05, 3.63) is 64.7 Å². The molecular weight excluding hydrogens is 416 g/mol. The molecule has 4 heteroatoms. The molecular formula is C28H35ClN2O. The number of carbonyl (C=O) groups excluding carboxylic acids is 1. The van der Waals surface area contributed by atoms with Gasteiger partial charge in [0.2, 0.25) is 0 Å². The molecule has 1 saturated carbocycles. The fourth-order valence-corrected chi connectivity index (χ4v) is 6.54. The molecule has 0 spiro atoms. The number of nitrogens with one attached hydrogen (secondary N) is 1. The molecule has 3 aliphatic rings. The lowest BCUT2D eigenvalue weighted by Crippen LogP contribution is -2.56. The van der Waals surface area contributed by atoms with Crippen LogP contribution in [-0.2, 0) is 11.2 Å². The topological polar surface area (TPSA) is 32.3 Å². The molecule has 2 fully saturated rings. The van der Waals surface area contributed by atoms with Gasteiger partial charge < -0.3 is 5.32 Å². The Morgan fingerprint density at radius 1 is 0.906 bits per heavy atom. The number of hydrogen-bond donors (Lipinski definition) is 1. The van der Waals surface area contributed by atoms with E-state index in [1.165, 1.54) is 36.1 Å². The van der Waals surface area contributed by atoms with E-state index in [2.05, 4.69) is 46.6 Å². The van der Waals surface area contributed by atoms with Crippen molar-refractivity contribution < 1.29 is 4.79 Å². The predicted octanol–water partition coefficient (Wildman–Crippen LogP) is 6.46. The number of likely N-dealkylation sites (tertiary alicyclic amines) is 1. The van der Waals surface area contributed by atoms with E-state index in [0.29, 0.717) is 11.7 Å². The smallest absolute Gasteiger partial charge is 0.155 e. The van der Waals surface area contributed by atoms with Gasteiger partial charge in [-0.25, -0.2) is 0 Å². The van der Waals surface area contributed by atoms with Crippen molar-refractivity contribution in [1.82, 2.24) is 4.90 Å². The number of benzene rings is 2. The Kier molecular flexibility index (Phi) is 6.85. The molecule has 0 aromatic heterocycles. The van der Waals surface area contributed by atoms with Crippen LogP contribution < -0.4 is 5.32 Å². The third-order valence-corrected chi connectivity index (χ3v) is 8.38. The lowest BCUT2D eigenvalue weighted by molar-refractivity contribution is -0.130. The summed E-state index contributed by atoms with van der Waals surface area (Å²) in [6.45, 7) is 1.94. The average molecular weight is 451 g/mol. The van der Waals surface area contributed by atoms with Crippen LogP contribution in [0.2, 0.25) is 5.02 Å². The van der Waals surface area contributed by atoms with Gasteiger partial charge in [0, 0.05) is 22.7 Å². The number of anilines is 1. The van der Waals surface area contributed by atoms with Crippen LogP contribution in [0.5, 0.6) is 0 Å². The van der Waals surface area contributed by atoms with Crippen LogP contribution in [0.3, 0.4) is 0 Å². The Balaban J connectivity index is 1.34. The van der Waals surface area contributed by atoms with Crippen LogP contribution in [0, 0.1) is 5.92 Å². The first kappa shape index (κ1) is 22.0. The van der Waals surface area contributed by atoms with Gasteiger partial charge >= 0.3 is 0 Å². The number of ketones is 1. The maximum atomic E-state index is 13.9. The third kappa shape index (κ3) is 4.61. The SMILES string of the molecule is O=C(C1CCCCC1)C(C1CCc2ccccc2N1)N1CCC(c2ccccc2Cl)CC1. The van der Waals surface area contributed by atoms with Crippen molar-refractivity contribution in [3.63, 3.8) is 0 Å². The van der Waals surface area contributed by atoms with Crippen LogP contribution >= 0.6 is 11.6 Å². The van der Waals surface area contributed by atoms with Gasteiger partial charge in [0.15, 0.2) is 5.78 Å². The summed E-state index contributed by atoms with van der Waals surface area (Å²) < 4.78 is 0. The number of nitrogens with zero attached hydrogens (tertiary/aromatic N) is 1. The van der Waals surface area contributed by atoms with Gasteiger partial charge in [0.05, 0.1) is 6.04 Å². The molecule has 2 aromatic carbocycles. The molecule has 170 valence electrons. The molecule has 5 rings (SSSR count). The molecule has 2 aliphatic heterocycles. The second-order valence-electron chi connectivity index (χ2n) is 9.96. The standard InChI is InChI=1S/C28H35ClN2O/c29-24-12-6-5-11-23(24)20-16-18-31(19-17-20)27(28(32)22-9-2-1-3-10-22)26-15-14-21-8-4-7-13-25(21)30-26/h4-8,11-13,20,22,26-27,30H,1-3,9-10,14-19H2. The molecule has 2 unspecified atom stereocenters. The van der Waals surface area contributed by atoms with Crippen molar-refractivity contribution in [3.8, 4) is 0 Å². The van der Waals surface area contributed by atoms with E-state index in [-0.39, 0.29) is 18.0 Å². The fourth-order valence-electron chi connectivity index (χ4n) is 6.25. The first-order chi connectivity index (χ1) is 15.7. The predicted molar refractivity (Wildman–Crippen MR) is 133 cm³/mol. The van der Waals surface area contributed by atoms with Crippen molar-refractivity contribution in [2.24, 2.45) is 5.92 Å². The maximum absolute atomic E-state index is 13.9. The molecule has 1 aliphatic carbocycles. The molecule has 2 aromatic rings. The Morgan fingerprint density at radius 2 is 1.62 bits per heavy atom. The Labute approximate surface area is 197 Å². The zero-order chi connectivity index (χ0) is 21.9. The first-order valence-corrected chi connectivity index (χ1v) is 12.9. The lowest BCUT2D eigenvalue weighted by atomic mass is 9.79. The fraction of sp³-hybridized carbons (Fsp3) is 0.536. The number of hydrogen-bond acceptors (Lipinski definition) is 3. The molecule has 0 bridgehead atoms. The second-order valence-corrected chi connectivity index (χ2v) is 10.4. The number of aryl methyl sites for hydroxylation is 1. The molecule has 0 amide bonds. The summed E-state index contributed by atoms with van der Waals surface area (Å²) in [6.07, 6.45) is 10.1. The van der Waals surface area contributed by atoms with Crippen LogP contribution in [0.25, 0.3) is 0 Å².